The van der Waals surface area contributed by atoms with Crippen molar-refractivity contribution in [2.75, 3.05) is 6.54 Å². The van der Waals surface area contributed by atoms with Gasteiger partial charge in [0.05, 0.1) is 0 Å². The number of hydrogen-bond donors (Lipinski definition) is 2. The third-order valence-electron chi connectivity index (χ3n) is 4.05. The predicted octanol–water partition coefficient (Wildman–Crippen LogP) is 2.48. The van der Waals surface area contributed by atoms with Crippen LogP contribution in [0.15, 0.2) is 18.2 Å². The molecule has 0 radical (unpaired) electrons. The number of rotatable bonds is 2. The molecule has 1 aliphatic carbocycles. The molecule has 0 saturated carbocycles. The number of aromatic hydroxyl groups is 1. The molecule has 1 aromatic rings. The molecular weight excluding hydrogens is 198 g/mol. The second-order valence-corrected chi connectivity index (χ2v) is 5.59. The third kappa shape index (κ3) is 2.07. The van der Waals surface area contributed by atoms with Gasteiger partial charge in [0.1, 0.15) is 5.75 Å². The summed E-state index contributed by atoms with van der Waals surface area (Å²) < 4.78 is 0. The van der Waals surface area contributed by atoms with Crippen LogP contribution in [0, 0.1) is 11.3 Å². The van der Waals surface area contributed by atoms with Gasteiger partial charge in [-0.2, -0.15) is 0 Å². The van der Waals surface area contributed by atoms with E-state index < -0.39 is 0 Å². The summed E-state index contributed by atoms with van der Waals surface area (Å²) in [4.78, 5) is 0. The van der Waals surface area contributed by atoms with Gasteiger partial charge in [-0.3, -0.25) is 0 Å². The average Bonchev–Trinajstić information content (AvgIpc) is 2.28. The van der Waals surface area contributed by atoms with Crippen LogP contribution < -0.4 is 5.73 Å². The van der Waals surface area contributed by atoms with Gasteiger partial charge < -0.3 is 10.8 Å². The zero-order chi connectivity index (χ0) is 11.8. The second kappa shape index (κ2) is 4.10. The van der Waals surface area contributed by atoms with Crippen molar-refractivity contribution in [1.29, 1.82) is 0 Å². The van der Waals surface area contributed by atoms with Gasteiger partial charge in [-0.05, 0) is 60.4 Å². The van der Waals surface area contributed by atoms with E-state index in [0.717, 1.165) is 19.4 Å². The fraction of sp³-hybridized carbons (Fsp3) is 0.571. The average molecular weight is 219 g/mol. The summed E-state index contributed by atoms with van der Waals surface area (Å²) in [5.74, 6) is 1.01. The van der Waals surface area contributed by atoms with E-state index in [1.165, 1.54) is 17.5 Å². The Hall–Kier alpha value is -1.02. The van der Waals surface area contributed by atoms with Crippen LogP contribution in [0.5, 0.6) is 5.75 Å². The van der Waals surface area contributed by atoms with Gasteiger partial charge in [0.25, 0.3) is 0 Å². The molecule has 88 valence electrons. The van der Waals surface area contributed by atoms with E-state index in [1.807, 2.05) is 6.07 Å². The molecule has 0 saturated heterocycles. The monoisotopic (exact) mass is 219 g/mol. The van der Waals surface area contributed by atoms with Gasteiger partial charge in [0, 0.05) is 0 Å². The highest BCUT2D eigenvalue weighted by molar-refractivity contribution is 5.36. The molecule has 0 spiro atoms. The van der Waals surface area contributed by atoms with Crippen molar-refractivity contribution in [2.24, 2.45) is 17.1 Å². The molecule has 2 heteroatoms. The molecule has 0 bridgehead atoms. The Balaban J connectivity index is 2.23. The van der Waals surface area contributed by atoms with Gasteiger partial charge in [-0.1, -0.05) is 19.9 Å². The zero-order valence-corrected chi connectivity index (χ0v) is 10.2. The van der Waals surface area contributed by atoms with Gasteiger partial charge in [0.15, 0.2) is 0 Å². The first-order valence-electron chi connectivity index (χ1n) is 6.04. The largest absolute Gasteiger partial charge is 0.508 e. The van der Waals surface area contributed by atoms with E-state index in [0.29, 0.717) is 11.7 Å². The van der Waals surface area contributed by atoms with Crippen LogP contribution in [-0.2, 0) is 12.8 Å². The summed E-state index contributed by atoms with van der Waals surface area (Å²) in [6, 6.07) is 5.75. The fourth-order valence-electron chi connectivity index (χ4n) is 2.58. The summed E-state index contributed by atoms with van der Waals surface area (Å²) in [5.41, 5.74) is 8.73. The summed E-state index contributed by atoms with van der Waals surface area (Å²) in [7, 11) is 0. The highest BCUT2D eigenvalue weighted by Gasteiger charge is 2.31. The van der Waals surface area contributed by atoms with E-state index in [2.05, 4.69) is 19.9 Å². The number of nitrogens with two attached hydrogens (primary N) is 1. The molecule has 0 amide bonds. The topological polar surface area (TPSA) is 46.2 Å². The lowest BCUT2D eigenvalue weighted by Crippen LogP contribution is -2.35. The molecule has 2 rings (SSSR count). The molecule has 1 atom stereocenters. The summed E-state index contributed by atoms with van der Waals surface area (Å²) in [6.07, 6.45) is 3.37. The zero-order valence-electron chi connectivity index (χ0n) is 10.2. The Morgan fingerprint density at radius 3 is 2.81 bits per heavy atom. The molecule has 0 fully saturated rings. The lowest BCUT2D eigenvalue weighted by atomic mass is 9.69. The lowest BCUT2D eigenvalue weighted by Gasteiger charge is -2.37. The Kier molecular flexibility index (Phi) is 2.94. The first-order chi connectivity index (χ1) is 7.53. The van der Waals surface area contributed by atoms with E-state index in [9.17, 15) is 5.11 Å². The molecule has 0 heterocycles. The number of benzene rings is 1. The van der Waals surface area contributed by atoms with Crippen LogP contribution in [0.1, 0.15) is 31.4 Å². The maximum Gasteiger partial charge on any atom is 0.115 e. The van der Waals surface area contributed by atoms with Crippen molar-refractivity contribution >= 4 is 0 Å². The highest BCUT2D eigenvalue weighted by atomic mass is 16.3. The number of phenolic OH excluding ortho intramolecular Hbond substituents is 1. The van der Waals surface area contributed by atoms with Gasteiger partial charge in [-0.25, -0.2) is 0 Å². The Morgan fingerprint density at radius 1 is 1.38 bits per heavy atom. The Bertz CT molecular complexity index is 384. The van der Waals surface area contributed by atoms with Crippen molar-refractivity contribution in [1.82, 2.24) is 0 Å². The number of aryl methyl sites for hydroxylation is 1. The number of phenols is 1. The van der Waals surface area contributed by atoms with E-state index in [4.69, 9.17) is 5.73 Å². The summed E-state index contributed by atoms with van der Waals surface area (Å²) >= 11 is 0. The summed E-state index contributed by atoms with van der Waals surface area (Å²) in [5, 5.41) is 9.51. The molecule has 0 aliphatic heterocycles. The first-order valence-corrected chi connectivity index (χ1v) is 6.04. The Morgan fingerprint density at radius 2 is 2.12 bits per heavy atom. The third-order valence-corrected chi connectivity index (χ3v) is 4.05. The minimum absolute atomic E-state index is 0.198. The van der Waals surface area contributed by atoms with Crippen molar-refractivity contribution < 1.29 is 5.11 Å². The quantitative estimate of drug-likeness (QED) is 0.802. The van der Waals surface area contributed by atoms with Crippen molar-refractivity contribution in [3.8, 4) is 5.75 Å². The standard InChI is InChI=1S/C14H21NO/c1-14(2,9-15)12-5-3-10-4-6-13(16)8-11(10)7-12/h4,6,8,12,16H,3,5,7,9,15H2,1-2H3. The maximum absolute atomic E-state index is 9.51. The van der Waals surface area contributed by atoms with Crippen LogP contribution in [0.2, 0.25) is 0 Å². The minimum Gasteiger partial charge on any atom is -0.508 e. The fourth-order valence-corrected chi connectivity index (χ4v) is 2.58. The van der Waals surface area contributed by atoms with Crippen molar-refractivity contribution in [3.63, 3.8) is 0 Å². The molecule has 16 heavy (non-hydrogen) atoms. The van der Waals surface area contributed by atoms with Gasteiger partial charge >= 0.3 is 0 Å². The van der Waals surface area contributed by atoms with E-state index in [1.54, 1.807) is 6.07 Å². The molecule has 1 unspecified atom stereocenters. The smallest absolute Gasteiger partial charge is 0.115 e. The molecule has 2 nitrogen and oxygen atoms in total. The maximum atomic E-state index is 9.51. The highest BCUT2D eigenvalue weighted by Crippen LogP contribution is 2.37. The van der Waals surface area contributed by atoms with Crippen LogP contribution in [-0.4, -0.2) is 11.7 Å². The van der Waals surface area contributed by atoms with Crippen molar-refractivity contribution in [2.45, 2.75) is 33.1 Å². The molecule has 1 aliphatic rings. The van der Waals surface area contributed by atoms with Crippen LogP contribution in [0.25, 0.3) is 0 Å². The minimum atomic E-state index is 0.198. The lowest BCUT2D eigenvalue weighted by molar-refractivity contribution is 0.199. The SMILES string of the molecule is CC(C)(CN)C1CCc2ccc(O)cc2C1. The van der Waals surface area contributed by atoms with Gasteiger partial charge in [-0.15, -0.1) is 0 Å². The first kappa shape index (κ1) is 11.5. The van der Waals surface area contributed by atoms with Crippen LogP contribution >= 0.6 is 0 Å². The normalized spacial score (nSPS) is 20.6. The van der Waals surface area contributed by atoms with E-state index >= 15 is 0 Å². The predicted molar refractivity (Wildman–Crippen MR) is 66.5 cm³/mol. The number of hydrogen-bond acceptors (Lipinski definition) is 2. The second-order valence-electron chi connectivity index (χ2n) is 5.59. The van der Waals surface area contributed by atoms with Gasteiger partial charge in [0.2, 0.25) is 0 Å². The van der Waals surface area contributed by atoms with E-state index in [-0.39, 0.29) is 5.41 Å². The number of fused-ring (bicyclic) bond motifs is 1. The Labute approximate surface area is 97.5 Å². The molecule has 3 N–H and O–H groups in total. The molecular formula is C14H21NO. The van der Waals surface area contributed by atoms with Crippen LogP contribution in [0.4, 0.5) is 0 Å². The van der Waals surface area contributed by atoms with Crippen LogP contribution in [0.3, 0.4) is 0 Å². The summed E-state index contributed by atoms with van der Waals surface area (Å²) in [6.45, 7) is 5.21. The molecule has 0 aromatic heterocycles. The van der Waals surface area contributed by atoms with Crippen molar-refractivity contribution in [3.05, 3.63) is 29.3 Å². The molecule has 1 aromatic carbocycles.